The molecule has 2 aromatic heterocycles. The van der Waals surface area contributed by atoms with E-state index in [1.54, 1.807) is 13.0 Å². The molecule has 3 rings (SSSR count). The molecule has 1 aromatic carbocycles. The highest BCUT2D eigenvalue weighted by atomic mass is 19.2. The molecular formula is C24H29F3N4O2. The van der Waals surface area contributed by atoms with Gasteiger partial charge in [0.25, 0.3) is 0 Å². The molecule has 1 atom stereocenters. The molecule has 0 spiro atoms. The Morgan fingerprint density at radius 2 is 1.70 bits per heavy atom. The van der Waals surface area contributed by atoms with E-state index in [0.29, 0.717) is 23.9 Å². The molecule has 0 amide bonds. The first-order valence-corrected chi connectivity index (χ1v) is 11.0. The van der Waals surface area contributed by atoms with E-state index in [2.05, 4.69) is 49.6 Å². The molecule has 178 valence electrons. The van der Waals surface area contributed by atoms with Gasteiger partial charge in [0.15, 0.2) is 28.8 Å². The largest absolute Gasteiger partial charge is 0.461 e. The molecule has 0 aliphatic rings. The summed E-state index contributed by atoms with van der Waals surface area (Å²) < 4.78 is 48.1. The number of ether oxygens (including phenoxy) is 1. The Balaban J connectivity index is 2.29. The maximum absolute atomic E-state index is 14.0. The van der Waals surface area contributed by atoms with E-state index in [1.165, 1.54) is 10.6 Å². The number of nitrogens with zero attached hydrogens (tertiary/aromatic N) is 4. The van der Waals surface area contributed by atoms with E-state index in [-0.39, 0.29) is 35.5 Å². The first-order chi connectivity index (χ1) is 15.5. The molecule has 0 saturated heterocycles. The van der Waals surface area contributed by atoms with Crippen molar-refractivity contribution in [2.75, 3.05) is 18.1 Å². The van der Waals surface area contributed by atoms with Crippen LogP contribution in [0.4, 0.5) is 19.0 Å². The fourth-order valence-electron chi connectivity index (χ4n) is 3.54. The van der Waals surface area contributed by atoms with Gasteiger partial charge in [-0.1, -0.05) is 27.7 Å². The second-order valence-electron chi connectivity index (χ2n) is 8.80. The average molecular weight is 463 g/mol. The molecule has 0 N–H and O–H groups in total. The second-order valence-corrected chi connectivity index (χ2v) is 8.80. The standard InChI is InChI=1S/C24H29F3N4O2/c1-7-33-24(32)20-10-21-28-19(16-8-17(25)23(27)18(26)9-16)11-22(31(21)29-20)30(12-13(2)3)15(6)14(4)5/h8-11,13-15H,7,12H2,1-6H3. The van der Waals surface area contributed by atoms with Crippen molar-refractivity contribution in [3.05, 3.63) is 47.4 Å². The Morgan fingerprint density at radius 1 is 1.06 bits per heavy atom. The Hall–Kier alpha value is -3.10. The smallest absolute Gasteiger partial charge is 0.358 e. The van der Waals surface area contributed by atoms with Crippen LogP contribution in [0.2, 0.25) is 0 Å². The van der Waals surface area contributed by atoms with Crippen LogP contribution >= 0.6 is 0 Å². The zero-order valence-corrected chi connectivity index (χ0v) is 19.7. The van der Waals surface area contributed by atoms with Crippen LogP contribution in [0.25, 0.3) is 16.9 Å². The van der Waals surface area contributed by atoms with Gasteiger partial charge >= 0.3 is 5.97 Å². The summed E-state index contributed by atoms with van der Waals surface area (Å²) in [5.74, 6) is -3.57. The number of rotatable bonds is 8. The summed E-state index contributed by atoms with van der Waals surface area (Å²) in [4.78, 5) is 18.9. The third kappa shape index (κ3) is 5.12. The van der Waals surface area contributed by atoms with Crippen LogP contribution in [0, 0.1) is 29.3 Å². The topological polar surface area (TPSA) is 59.7 Å². The van der Waals surface area contributed by atoms with E-state index >= 15 is 0 Å². The van der Waals surface area contributed by atoms with Crippen molar-refractivity contribution in [2.24, 2.45) is 11.8 Å². The van der Waals surface area contributed by atoms with Gasteiger partial charge in [-0.15, -0.1) is 0 Å². The average Bonchev–Trinajstić information content (AvgIpc) is 3.18. The first kappa shape index (κ1) is 24.5. The minimum Gasteiger partial charge on any atom is -0.461 e. The van der Waals surface area contributed by atoms with Gasteiger partial charge in [0.05, 0.1) is 12.3 Å². The van der Waals surface area contributed by atoms with Crippen LogP contribution < -0.4 is 4.90 Å². The minimum atomic E-state index is -1.54. The van der Waals surface area contributed by atoms with Crippen LogP contribution in [0.3, 0.4) is 0 Å². The molecule has 0 aliphatic carbocycles. The number of hydrogen-bond acceptors (Lipinski definition) is 5. The highest BCUT2D eigenvalue weighted by molar-refractivity contribution is 5.89. The maximum Gasteiger partial charge on any atom is 0.358 e. The molecule has 2 heterocycles. The van der Waals surface area contributed by atoms with Crippen LogP contribution in [-0.4, -0.2) is 39.8 Å². The summed E-state index contributed by atoms with van der Waals surface area (Å²) in [7, 11) is 0. The van der Waals surface area contributed by atoms with Crippen LogP contribution in [-0.2, 0) is 4.74 Å². The van der Waals surface area contributed by atoms with Crippen LogP contribution in [0.15, 0.2) is 24.3 Å². The summed E-state index contributed by atoms with van der Waals surface area (Å²) in [6.45, 7) is 13.0. The van der Waals surface area contributed by atoms with E-state index in [4.69, 9.17) is 4.74 Å². The zero-order chi connectivity index (χ0) is 24.4. The maximum atomic E-state index is 14.0. The summed E-state index contributed by atoms with van der Waals surface area (Å²) >= 11 is 0. The molecular weight excluding hydrogens is 433 g/mol. The van der Waals surface area contributed by atoms with E-state index in [0.717, 1.165) is 12.1 Å². The molecule has 1 unspecified atom stereocenters. The molecule has 0 aliphatic heterocycles. The van der Waals surface area contributed by atoms with Crippen LogP contribution in [0.1, 0.15) is 52.0 Å². The van der Waals surface area contributed by atoms with Gasteiger partial charge < -0.3 is 9.64 Å². The number of carbonyl (C=O) groups excluding carboxylic acids is 1. The molecule has 6 nitrogen and oxygen atoms in total. The predicted molar refractivity (Wildman–Crippen MR) is 121 cm³/mol. The Kier molecular flexibility index (Phi) is 7.29. The highest BCUT2D eigenvalue weighted by Crippen LogP contribution is 2.30. The van der Waals surface area contributed by atoms with Crippen LogP contribution in [0.5, 0.6) is 0 Å². The van der Waals surface area contributed by atoms with Crippen molar-refractivity contribution in [1.29, 1.82) is 0 Å². The molecule has 0 fully saturated rings. The molecule has 33 heavy (non-hydrogen) atoms. The molecule has 0 bridgehead atoms. The summed E-state index contributed by atoms with van der Waals surface area (Å²) in [6.07, 6.45) is 0. The number of fused-ring (bicyclic) bond motifs is 1. The van der Waals surface area contributed by atoms with Gasteiger partial charge in [-0.05, 0) is 37.8 Å². The number of benzene rings is 1. The van der Waals surface area contributed by atoms with Gasteiger partial charge in [-0.3, -0.25) is 0 Å². The number of aromatic nitrogens is 3. The normalized spacial score (nSPS) is 12.6. The lowest BCUT2D eigenvalue weighted by atomic mass is 10.0. The molecule has 3 aromatic rings. The van der Waals surface area contributed by atoms with Crippen molar-refractivity contribution in [1.82, 2.24) is 14.6 Å². The number of hydrogen-bond donors (Lipinski definition) is 0. The Bertz CT molecular complexity index is 1140. The van der Waals surface area contributed by atoms with Crippen molar-refractivity contribution in [2.45, 2.75) is 47.6 Å². The van der Waals surface area contributed by atoms with Crippen molar-refractivity contribution in [3.63, 3.8) is 0 Å². The fourth-order valence-corrected chi connectivity index (χ4v) is 3.54. The molecule has 0 radical (unpaired) electrons. The Labute approximate surface area is 191 Å². The lowest BCUT2D eigenvalue weighted by molar-refractivity contribution is 0.0519. The lowest BCUT2D eigenvalue weighted by Gasteiger charge is -2.35. The minimum absolute atomic E-state index is 0.0703. The molecule has 0 saturated carbocycles. The number of carbonyl (C=O) groups is 1. The van der Waals surface area contributed by atoms with Crippen molar-refractivity contribution in [3.8, 4) is 11.3 Å². The number of anilines is 1. The fraction of sp³-hybridized carbons (Fsp3) is 0.458. The van der Waals surface area contributed by atoms with Gasteiger partial charge in [-0.25, -0.2) is 22.9 Å². The summed E-state index contributed by atoms with van der Waals surface area (Å²) in [5, 5.41) is 4.41. The van der Waals surface area contributed by atoms with E-state index in [9.17, 15) is 18.0 Å². The van der Waals surface area contributed by atoms with E-state index in [1.807, 2.05) is 0 Å². The van der Waals surface area contributed by atoms with Crippen molar-refractivity contribution < 1.29 is 22.7 Å². The Morgan fingerprint density at radius 3 is 2.24 bits per heavy atom. The number of halogens is 3. The molecule has 9 heteroatoms. The van der Waals surface area contributed by atoms with E-state index < -0.39 is 23.4 Å². The highest BCUT2D eigenvalue weighted by Gasteiger charge is 2.25. The monoisotopic (exact) mass is 462 g/mol. The first-order valence-electron chi connectivity index (χ1n) is 11.0. The zero-order valence-electron chi connectivity index (χ0n) is 19.7. The third-order valence-corrected chi connectivity index (χ3v) is 5.49. The summed E-state index contributed by atoms with van der Waals surface area (Å²) in [6, 6.07) is 5.00. The lowest BCUT2D eigenvalue weighted by Crippen LogP contribution is -2.40. The van der Waals surface area contributed by atoms with Gasteiger partial charge in [-0.2, -0.15) is 9.61 Å². The van der Waals surface area contributed by atoms with Gasteiger partial charge in [0.2, 0.25) is 0 Å². The van der Waals surface area contributed by atoms with Crippen molar-refractivity contribution >= 4 is 17.4 Å². The SMILES string of the molecule is CCOC(=O)c1cc2nc(-c3cc(F)c(F)c(F)c3)cc(N(CC(C)C)C(C)C(C)C)n2n1. The van der Waals surface area contributed by atoms with Gasteiger partial charge in [0.1, 0.15) is 5.82 Å². The third-order valence-electron chi connectivity index (χ3n) is 5.49. The summed E-state index contributed by atoms with van der Waals surface area (Å²) in [5.41, 5.74) is 0.687. The van der Waals surface area contributed by atoms with Gasteiger partial charge in [0, 0.05) is 30.3 Å². The predicted octanol–water partition coefficient (Wildman–Crippen LogP) is 5.50. The number of esters is 1. The second kappa shape index (κ2) is 9.80. The quantitative estimate of drug-likeness (QED) is 0.327.